The smallest absolute Gasteiger partial charge is 0.347 e. The Morgan fingerprint density at radius 1 is 1.27 bits per heavy atom. The van der Waals surface area contributed by atoms with Crippen LogP contribution in [0.3, 0.4) is 0 Å². The minimum absolute atomic E-state index is 0.0243. The lowest BCUT2D eigenvalue weighted by Gasteiger charge is -2.22. The summed E-state index contributed by atoms with van der Waals surface area (Å²) in [5.41, 5.74) is 2.92. The van der Waals surface area contributed by atoms with E-state index in [-0.39, 0.29) is 11.8 Å². The molecular formula is C23H25NO4S2. The Kier molecular flexibility index (Phi) is 6.73. The first-order valence-electron chi connectivity index (χ1n) is 9.55. The average molecular weight is 444 g/mol. The van der Waals surface area contributed by atoms with E-state index in [1.54, 1.807) is 37.7 Å². The van der Waals surface area contributed by atoms with Crippen LogP contribution in [0.2, 0.25) is 0 Å². The maximum absolute atomic E-state index is 11.9. The number of aryl methyl sites for hydroxylation is 1. The third kappa shape index (κ3) is 4.32. The molecule has 0 saturated carbocycles. The van der Waals surface area contributed by atoms with Crippen LogP contribution in [0.4, 0.5) is 5.69 Å². The van der Waals surface area contributed by atoms with Gasteiger partial charge in [-0.15, -0.1) is 23.1 Å². The number of carboxylic acids is 1. The first-order chi connectivity index (χ1) is 14.2. The van der Waals surface area contributed by atoms with E-state index in [1.807, 2.05) is 43.3 Å². The summed E-state index contributed by atoms with van der Waals surface area (Å²) in [5.74, 6) is 0.638. The Morgan fingerprint density at radius 3 is 2.60 bits per heavy atom. The van der Waals surface area contributed by atoms with E-state index in [0.717, 1.165) is 37.5 Å². The van der Waals surface area contributed by atoms with Crippen LogP contribution in [-0.4, -0.2) is 36.9 Å². The van der Waals surface area contributed by atoms with Crippen molar-refractivity contribution >= 4 is 50.7 Å². The number of hydrogen-bond donors (Lipinski definition) is 1. The highest BCUT2D eigenvalue weighted by Crippen LogP contribution is 2.43. The summed E-state index contributed by atoms with van der Waals surface area (Å²) in [6.07, 6.45) is 0. The van der Waals surface area contributed by atoms with Gasteiger partial charge < -0.3 is 14.7 Å². The molecular weight excluding hydrogens is 418 g/mol. The molecule has 0 aliphatic heterocycles. The van der Waals surface area contributed by atoms with Crippen molar-refractivity contribution in [2.24, 2.45) is 0 Å². The summed E-state index contributed by atoms with van der Waals surface area (Å²) in [6, 6.07) is 11.8. The van der Waals surface area contributed by atoms with Crippen LogP contribution >= 0.6 is 23.1 Å². The second-order valence-corrected chi connectivity index (χ2v) is 9.31. The summed E-state index contributed by atoms with van der Waals surface area (Å²) in [5, 5.41) is 10.7. The molecule has 1 aromatic heterocycles. The van der Waals surface area contributed by atoms with E-state index in [9.17, 15) is 14.7 Å². The fourth-order valence-corrected chi connectivity index (χ4v) is 5.84. The van der Waals surface area contributed by atoms with Crippen molar-refractivity contribution in [3.63, 3.8) is 0 Å². The fraction of sp³-hybridized carbons (Fsp3) is 0.304. The summed E-state index contributed by atoms with van der Waals surface area (Å²) >= 11 is 2.83. The van der Waals surface area contributed by atoms with Crippen molar-refractivity contribution < 1.29 is 19.4 Å². The Morgan fingerprint density at radius 2 is 1.97 bits per heavy atom. The molecule has 0 aliphatic carbocycles. The second kappa shape index (κ2) is 9.10. The molecule has 7 heteroatoms. The summed E-state index contributed by atoms with van der Waals surface area (Å²) < 4.78 is 6.30. The van der Waals surface area contributed by atoms with E-state index in [2.05, 4.69) is 6.92 Å². The molecule has 0 saturated heterocycles. The number of fused-ring (bicyclic) bond motifs is 1. The SMILES string of the molecule is COc1cc2sc(C(=O)O)c(SCC(C)c3ccccc3N(C)C(C)=O)c2cc1C. The minimum atomic E-state index is -0.917. The van der Waals surface area contributed by atoms with Gasteiger partial charge in [0.15, 0.2) is 0 Å². The number of thioether (sulfide) groups is 1. The molecule has 1 heterocycles. The van der Waals surface area contributed by atoms with Gasteiger partial charge in [-0.1, -0.05) is 25.1 Å². The van der Waals surface area contributed by atoms with E-state index in [1.165, 1.54) is 11.3 Å². The van der Waals surface area contributed by atoms with Gasteiger partial charge in [0.25, 0.3) is 0 Å². The molecule has 30 heavy (non-hydrogen) atoms. The number of thiophene rings is 1. The van der Waals surface area contributed by atoms with E-state index in [4.69, 9.17) is 4.74 Å². The minimum Gasteiger partial charge on any atom is -0.496 e. The predicted molar refractivity (Wildman–Crippen MR) is 125 cm³/mol. The van der Waals surface area contributed by atoms with Crippen molar-refractivity contribution in [2.45, 2.75) is 31.6 Å². The number of rotatable bonds is 7. The highest BCUT2D eigenvalue weighted by molar-refractivity contribution is 7.99. The first-order valence-corrected chi connectivity index (χ1v) is 11.3. The molecule has 1 atom stereocenters. The first kappa shape index (κ1) is 22.2. The maximum atomic E-state index is 11.9. The molecule has 3 aromatic rings. The number of anilines is 1. The third-order valence-electron chi connectivity index (χ3n) is 5.13. The van der Waals surface area contributed by atoms with Gasteiger partial charge >= 0.3 is 5.97 Å². The Hall–Kier alpha value is -2.51. The second-order valence-electron chi connectivity index (χ2n) is 7.23. The third-order valence-corrected chi connectivity index (χ3v) is 7.78. The summed E-state index contributed by atoms with van der Waals surface area (Å²) in [4.78, 5) is 26.5. The molecule has 1 amide bonds. The largest absolute Gasteiger partial charge is 0.496 e. The molecule has 5 nitrogen and oxygen atoms in total. The quantitative estimate of drug-likeness (QED) is 0.468. The normalized spacial score (nSPS) is 12.0. The zero-order valence-corrected chi connectivity index (χ0v) is 19.3. The molecule has 3 rings (SSSR count). The molecule has 0 spiro atoms. The maximum Gasteiger partial charge on any atom is 0.347 e. The van der Waals surface area contributed by atoms with E-state index in [0.29, 0.717) is 10.6 Å². The van der Waals surface area contributed by atoms with Gasteiger partial charge in [-0.2, -0.15) is 0 Å². The van der Waals surface area contributed by atoms with E-state index >= 15 is 0 Å². The van der Waals surface area contributed by atoms with Crippen LogP contribution < -0.4 is 9.64 Å². The summed E-state index contributed by atoms with van der Waals surface area (Å²) in [7, 11) is 3.39. The molecule has 0 bridgehead atoms. The van der Waals surface area contributed by atoms with Crippen LogP contribution in [0, 0.1) is 6.92 Å². The molecule has 2 aromatic carbocycles. The number of para-hydroxylation sites is 1. The molecule has 158 valence electrons. The van der Waals surface area contributed by atoms with Crippen molar-refractivity contribution in [1.29, 1.82) is 0 Å². The number of amides is 1. The van der Waals surface area contributed by atoms with Crippen LogP contribution in [0.5, 0.6) is 5.75 Å². The van der Waals surface area contributed by atoms with Gasteiger partial charge in [-0.25, -0.2) is 4.79 Å². The highest BCUT2D eigenvalue weighted by atomic mass is 32.2. The number of benzene rings is 2. The number of aromatic carboxylic acids is 1. The zero-order chi connectivity index (χ0) is 22.0. The standard InChI is InChI=1S/C23H25NO4S2/c1-13-10-17-20(11-19(13)28-5)30-22(23(26)27)21(17)29-12-14(2)16-8-6-7-9-18(16)24(4)15(3)25/h6-11,14H,12H2,1-5H3,(H,26,27). The number of methoxy groups -OCH3 is 1. The molecule has 1 unspecified atom stereocenters. The number of nitrogens with zero attached hydrogens (tertiary/aromatic N) is 1. The van der Waals surface area contributed by atoms with E-state index < -0.39 is 5.97 Å². The Balaban J connectivity index is 1.94. The zero-order valence-electron chi connectivity index (χ0n) is 17.7. The lowest BCUT2D eigenvalue weighted by Crippen LogP contribution is -2.24. The van der Waals surface area contributed by atoms with Crippen LogP contribution in [-0.2, 0) is 4.79 Å². The van der Waals surface area contributed by atoms with Gasteiger partial charge in [-0.05, 0) is 42.2 Å². The lowest BCUT2D eigenvalue weighted by atomic mass is 10.0. The number of carboxylic acid groups (broad SMARTS) is 1. The van der Waals surface area contributed by atoms with Crippen LogP contribution in [0.25, 0.3) is 10.1 Å². The summed E-state index contributed by atoms with van der Waals surface area (Å²) in [6.45, 7) is 5.60. The lowest BCUT2D eigenvalue weighted by molar-refractivity contribution is -0.116. The van der Waals surface area contributed by atoms with Gasteiger partial charge in [-0.3, -0.25) is 4.79 Å². The van der Waals surface area contributed by atoms with Crippen LogP contribution in [0.1, 0.15) is 40.6 Å². The van der Waals surface area contributed by atoms with Gasteiger partial charge in [0.1, 0.15) is 10.6 Å². The van der Waals surface area contributed by atoms with Crippen molar-refractivity contribution in [2.75, 3.05) is 24.8 Å². The van der Waals surface area contributed by atoms with Gasteiger partial charge in [0, 0.05) is 40.4 Å². The average Bonchev–Trinajstić information content (AvgIpc) is 3.08. The van der Waals surface area contributed by atoms with Gasteiger partial charge in [0.05, 0.1) is 7.11 Å². The monoisotopic (exact) mass is 443 g/mol. The fourth-order valence-electron chi connectivity index (χ4n) is 3.39. The number of ether oxygens (including phenoxy) is 1. The molecule has 0 fully saturated rings. The number of carbonyl (C=O) groups excluding carboxylic acids is 1. The molecule has 0 radical (unpaired) electrons. The molecule has 1 N–H and O–H groups in total. The highest BCUT2D eigenvalue weighted by Gasteiger charge is 2.22. The Bertz CT molecular complexity index is 1110. The number of carbonyl (C=O) groups is 2. The van der Waals surface area contributed by atoms with Crippen molar-refractivity contribution in [3.8, 4) is 5.75 Å². The van der Waals surface area contributed by atoms with Crippen molar-refractivity contribution in [1.82, 2.24) is 0 Å². The van der Waals surface area contributed by atoms with Gasteiger partial charge in [0.2, 0.25) is 5.91 Å². The predicted octanol–water partition coefficient (Wildman–Crippen LogP) is 5.80. The Labute approximate surface area is 184 Å². The molecule has 0 aliphatic rings. The number of hydrogen-bond acceptors (Lipinski definition) is 5. The topological polar surface area (TPSA) is 66.8 Å². The van der Waals surface area contributed by atoms with Crippen LogP contribution in [0.15, 0.2) is 41.3 Å². The van der Waals surface area contributed by atoms with Crippen molar-refractivity contribution in [3.05, 3.63) is 52.4 Å².